The molecule has 0 aliphatic heterocycles. The van der Waals surface area contributed by atoms with Crippen molar-refractivity contribution in [3.05, 3.63) is 12.2 Å². The summed E-state index contributed by atoms with van der Waals surface area (Å²) in [7, 11) is 0. The van der Waals surface area contributed by atoms with E-state index < -0.39 is 35.2 Å². The number of rotatable bonds is 6. The number of aliphatic carboxylic acids is 1. The van der Waals surface area contributed by atoms with E-state index in [9.17, 15) is 14.4 Å². The van der Waals surface area contributed by atoms with Gasteiger partial charge in [0.2, 0.25) is 0 Å². The lowest BCUT2D eigenvalue weighted by molar-refractivity contribution is -0.176. The van der Waals surface area contributed by atoms with Gasteiger partial charge < -0.3 is 14.6 Å². The molecular weight excluding hydrogens is 252 g/mol. The van der Waals surface area contributed by atoms with Gasteiger partial charge in [0, 0.05) is 5.92 Å². The Kier molecular flexibility index (Phi) is 4.69. The van der Waals surface area contributed by atoms with Gasteiger partial charge >= 0.3 is 17.9 Å². The minimum atomic E-state index is -1.62. The van der Waals surface area contributed by atoms with Crippen molar-refractivity contribution in [2.75, 3.05) is 13.2 Å². The molecule has 0 saturated carbocycles. The molecular formula is C13H18O6. The van der Waals surface area contributed by atoms with Crippen molar-refractivity contribution < 1.29 is 29.0 Å². The first-order valence-corrected chi connectivity index (χ1v) is 6.15. The Labute approximate surface area is 111 Å². The highest BCUT2D eigenvalue weighted by molar-refractivity contribution is 6.01. The van der Waals surface area contributed by atoms with Crippen LogP contribution >= 0.6 is 0 Å². The van der Waals surface area contributed by atoms with Gasteiger partial charge in [-0.05, 0) is 20.8 Å². The summed E-state index contributed by atoms with van der Waals surface area (Å²) >= 11 is 0. The second-order valence-corrected chi connectivity index (χ2v) is 4.42. The zero-order valence-corrected chi connectivity index (χ0v) is 11.2. The largest absolute Gasteiger partial charge is 0.481 e. The van der Waals surface area contributed by atoms with Crippen molar-refractivity contribution in [2.24, 2.45) is 17.3 Å². The smallest absolute Gasteiger partial charge is 0.323 e. The molecule has 19 heavy (non-hydrogen) atoms. The average molecular weight is 270 g/mol. The molecule has 0 fully saturated rings. The lowest BCUT2D eigenvalue weighted by Crippen LogP contribution is -2.50. The van der Waals surface area contributed by atoms with Crippen LogP contribution in [0.2, 0.25) is 0 Å². The molecule has 1 rings (SSSR count). The van der Waals surface area contributed by atoms with E-state index in [1.807, 2.05) is 0 Å². The Balaban J connectivity index is 3.06. The Morgan fingerprint density at radius 2 is 1.58 bits per heavy atom. The Morgan fingerprint density at radius 3 is 1.84 bits per heavy atom. The lowest BCUT2D eigenvalue weighted by Gasteiger charge is -2.38. The Morgan fingerprint density at radius 1 is 1.11 bits per heavy atom. The topological polar surface area (TPSA) is 89.9 Å². The van der Waals surface area contributed by atoms with E-state index in [-0.39, 0.29) is 13.2 Å². The monoisotopic (exact) mass is 270 g/mol. The first-order valence-electron chi connectivity index (χ1n) is 6.15. The van der Waals surface area contributed by atoms with Gasteiger partial charge in [-0.25, -0.2) is 0 Å². The van der Waals surface area contributed by atoms with E-state index in [0.717, 1.165) is 0 Å². The third kappa shape index (κ3) is 2.62. The van der Waals surface area contributed by atoms with Gasteiger partial charge in [-0.1, -0.05) is 12.2 Å². The first-order chi connectivity index (χ1) is 8.89. The van der Waals surface area contributed by atoms with Gasteiger partial charge in [-0.2, -0.15) is 0 Å². The van der Waals surface area contributed by atoms with E-state index in [2.05, 4.69) is 0 Å². The van der Waals surface area contributed by atoms with E-state index in [0.29, 0.717) is 0 Å². The Hall–Kier alpha value is -1.85. The number of carboxylic acids is 1. The second kappa shape index (κ2) is 5.86. The van der Waals surface area contributed by atoms with Crippen molar-refractivity contribution in [2.45, 2.75) is 20.8 Å². The number of carboxylic acid groups (broad SMARTS) is 1. The third-order valence-corrected chi connectivity index (χ3v) is 3.26. The molecule has 0 amide bonds. The van der Waals surface area contributed by atoms with E-state index in [1.54, 1.807) is 13.8 Å². The van der Waals surface area contributed by atoms with Gasteiger partial charge in [0.1, 0.15) is 0 Å². The maximum atomic E-state index is 12.0. The molecule has 0 aromatic rings. The summed E-state index contributed by atoms with van der Waals surface area (Å²) in [6, 6.07) is 0. The van der Waals surface area contributed by atoms with Crippen LogP contribution in [0.5, 0.6) is 0 Å². The van der Waals surface area contributed by atoms with Crippen LogP contribution < -0.4 is 0 Å². The Bertz CT molecular complexity index is 393. The predicted octanol–water partition coefficient (Wildman–Crippen LogP) is 1.01. The average Bonchev–Trinajstić information content (AvgIpc) is 2.26. The minimum absolute atomic E-state index is 0.113. The molecule has 1 aliphatic rings. The zero-order valence-electron chi connectivity index (χ0n) is 11.2. The fourth-order valence-corrected chi connectivity index (χ4v) is 2.04. The number of carbonyl (C=O) groups is 3. The zero-order chi connectivity index (χ0) is 14.6. The molecule has 0 bridgehead atoms. The molecule has 0 spiro atoms. The summed E-state index contributed by atoms with van der Waals surface area (Å²) in [4.78, 5) is 35.1. The van der Waals surface area contributed by atoms with Crippen LogP contribution in [0.15, 0.2) is 12.2 Å². The number of allylic oxidation sites excluding steroid dienone is 1. The fourth-order valence-electron chi connectivity index (χ4n) is 2.04. The van der Waals surface area contributed by atoms with Gasteiger partial charge in [0.05, 0.1) is 19.1 Å². The van der Waals surface area contributed by atoms with Crippen LogP contribution in [0.4, 0.5) is 0 Å². The van der Waals surface area contributed by atoms with Gasteiger partial charge in [-0.15, -0.1) is 0 Å². The fraction of sp³-hybridized carbons (Fsp3) is 0.615. The van der Waals surface area contributed by atoms with Crippen LogP contribution in [0.25, 0.3) is 0 Å². The quantitative estimate of drug-likeness (QED) is 0.440. The second-order valence-electron chi connectivity index (χ2n) is 4.42. The molecule has 1 N–H and O–H groups in total. The van der Waals surface area contributed by atoms with Gasteiger partial charge in [0.15, 0.2) is 5.41 Å². The van der Waals surface area contributed by atoms with Crippen molar-refractivity contribution in [3.8, 4) is 0 Å². The molecule has 106 valence electrons. The molecule has 1 aliphatic carbocycles. The number of esters is 2. The summed E-state index contributed by atoms with van der Waals surface area (Å²) in [5, 5.41) is 9.03. The molecule has 0 aromatic heterocycles. The maximum Gasteiger partial charge on any atom is 0.323 e. The highest BCUT2D eigenvalue weighted by Gasteiger charge is 2.56. The predicted molar refractivity (Wildman–Crippen MR) is 65.1 cm³/mol. The third-order valence-electron chi connectivity index (χ3n) is 3.26. The molecule has 0 heterocycles. The van der Waals surface area contributed by atoms with Crippen LogP contribution in [-0.2, 0) is 23.9 Å². The SMILES string of the molecule is CCOC(=O)C(C)(C(=O)OCC)[C@@H]1C=C[C@H]1C(=O)O. The van der Waals surface area contributed by atoms with Crippen LogP contribution in [0.3, 0.4) is 0 Å². The molecule has 6 heteroatoms. The summed E-state index contributed by atoms with van der Waals surface area (Å²) in [6.45, 7) is 4.83. The maximum absolute atomic E-state index is 12.0. The number of hydrogen-bond acceptors (Lipinski definition) is 5. The summed E-state index contributed by atoms with van der Waals surface area (Å²) < 4.78 is 9.79. The van der Waals surface area contributed by atoms with Crippen LogP contribution in [-0.4, -0.2) is 36.2 Å². The summed E-state index contributed by atoms with van der Waals surface area (Å²) in [6.07, 6.45) is 2.98. The van der Waals surface area contributed by atoms with Crippen molar-refractivity contribution in [1.29, 1.82) is 0 Å². The van der Waals surface area contributed by atoms with Crippen molar-refractivity contribution in [3.63, 3.8) is 0 Å². The molecule has 0 saturated heterocycles. The van der Waals surface area contributed by atoms with E-state index >= 15 is 0 Å². The number of ether oxygens (including phenoxy) is 2. The van der Waals surface area contributed by atoms with Crippen LogP contribution in [0, 0.1) is 17.3 Å². The molecule has 2 atom stereocenters. The van der Waals surface area contributed by atoms with Crippen molar-refractivity contribution >= 4 is 17.9 Å². The lowest BCUT2D eigenvalue weighted by atomic mass is 9.65. The molecule has 0 radical (unpaired) electrons. The normalized spacial score (nSPS) is 21.4. The van der Waals surface area contributed by atoms with E-state index in [1.165, 1.54) is 19.1 Å². The summed E-state index contributed by atoms with van der Waals surface area (Å²) in [5.41, 5.74) is -1.62. The molecule has 0 aromatic carbocycles. The summed E-state index contributed by atoms with van der Waals surface area (Å²) in [5.74, 6) is -4.21. The van der Waals surface area contributed by atoms with Crippen molar-refractivity contribution in [1.82, 2.24) is 0 Å². The van der Waals surface area contributed by atoms with E-state index in [4.69, 9.17) is 14.6 Å². The van der Waals surface area contributed by atoms with Crippen LogP contribution in [0.1, 0.15) is 20.8 Å². The molecule has 6 nitrogen and oxygen atoms in total. The first kappa shape index (κ1) is 15.2. The highest BCUT2D eigenvalue weighted by Crippen LogP contribution is 2.43. The highest BCUT2D eigenvalue weighted by atomic mass is 16.6. The number of carbonyl (C=O) groups excluding carboxylic acids is 2. The standard InChI is InChI=1S/C13H18O6/c1-4-18-11(16)13(3,12(17)19-5-2)9-7-6-8(9)10(14)15/h6-9H,4-5H2,1-3H3,(H,14,15)/t8-,9-/m1/s1. The van der Waals surface area contributed by atoms with Gasteiger partial charge in [-0.3, -0.25) is 14.4 Å². The molecule has 0 unspecified atom stereocenters. The number of hydrogen-bond donors (Lipinski definition) is 1. The van der Waals surface area contributed by atoms with Gasteiger partial charge in [0.25, 0.3) is 0 Å². The minimum Gasteiger partial charge on any atom is -0.481 e.